The van der Waals surface area contributed by atoms with Gasteiger partial charge in [0.25, 0.3) is 5.69 Å². The van der Waals surface area contributed by atoms with Crippen molar-refractivity contribution in [3.8, 4) is 11.1 Å². The first-order valence-electron chi connectivity index (χ1n) is 13.8. The molecule has 0 saturated heterocycles. The molecule has 0 bridgehead atoms. The second-order valence-corrected chi connectivity index (χ2v) is 13.7. The number of nitro benzene ring substituents is 1. The topological polar surface area (TPSA) is 150 Å². The van der Waals surface area contributed by atoms with E-state index in [1.54, 1.807) is 6.07 Å². The average molecular weight is 596 g/mol. The minimum atomic E-state index is -3.98. The minimum absolute atomic E-state index is 0.0268. The van der Waals surface area contributed by atoms with E-state index in [4.69, 9.17) is 5.11 Å². The van der Waals surface area contributed by atoms with E-state index in [1.807, 2.05) is 0 Å². The van der Waals surface area contributed by atoms with Crippen LogP contribution >= 0.6 is 0 Å². The van der Waals surface area contributed by atoms with Crippen LogP contribution in [0.4, 0.5) is 5.69 Å². The van der Waals surface area contributed by atoms with Crippen molar-refractivity contribution < 1.29 is 28.3 Å². The molecule has 3 aromatic rings. The first-order chi connectivity index (χ1) is 19.7. The van der Waals surface area contributed by atoms with Crippen LogP contribution in [0.1, 0.15) is 37.0 Å². The number of carboxylic acids is 1. The summed E-state index contributed by atoms with van der Waals surface area (Å²) < 4.78 is 27.8. The highest BCUT2D eigenvalue weighted by atomic mass is 32.2. The summed E-state index contributed by atoms with van der Waals surface area (Å²) in [5.41, 5.74) is 3.04. The summed E-state index contributed by atoms with van der Waals surface area (Å²) in [6.45, 7) is 4.28. The molecule has 1 aliphatic carbocycles. The van der Waals surface area contributed by atoms with Gasteiger partial charge < -0.3 is 15.5 Å². The van der Waals surface area contributed by atoms with Gasteiger partial charge in [-0.2, -0.15) is 4.31 Å². The molecule has 0 aromatic heterocycles. The van der Waals surface area contributed by atoms with Gasteiger partial charge in [-0.15, -0.1) is 0 Å². The number of carboxylic acid groups (broad SMARTS) is 1. The summed E-state index contributed by atoms with van der Waals surface area (Å²) in [5, 5.41) is 34.7. The highest BCUT2D eigenvalue weighted by Gasteiger charge is 2.29. The van der Waals surface area contributed by atoms with E-state index in [1.165, 1.54) is 54.6 Å². The molecule has 4 rings (SSSR count). The molecule has 3 aromatic carbocycles. The van der Waals surface area contributed by atoms with Crippen LogP contribution in [0.3, 0.4) is 0 Å². The fourth-order valence-electron chi connectivity index (χ4n) is 5.68. The second kappa shape index (κ2) is 12.7. The van der Waals surface area contributed by atoms with Crippen molar-refractivity contribution in [3.63, 3.8) is 0 Å². The highest BCUT2D eigenvalue weighted by molar-refractivity contribution is 7.89. The van der Waals surface area contributed by atoms with Crippen LogP contribution in [0.15, 0.2) is 71.6 Å². The zero-order chi connectivity index (χ0) is 30.7. The maximum Gasteiger partial charge on any atom is 0.308 e. The Morgan fingerprint density at radius 2 is 1.71 bits per heavy atom. The Labute approximate surface area is 246 Å². The molecule has 224 valence electrons. The SMILES string of the molecule is CN(C[C@H](O)CNC(C)(C)CC1Cc2ccccc2C1)S(=O)(=O)c1cccc(-c2ccc(CC(=O)O)c([N+](=O)[O-])c2)c1. The smallest absolute Gasteiger partial charge is 0.308 e. The Kier molecular flexibility index (Phi) is 9.47. The number of benzene rings is 3. The number of hydrogen-bond donors (Lipinski definition) is 3. The maximum absolute atomic E-state index is 13.4. The van der Waals surface area contributed by atoms with Crippen molar-refractivity contribution in [1.29, 1.82) is 0 Å². The standard InChI is InChI=1S/C31H37N3O7S/c1-31(2,18-21-13-22-7-4-5-8-23(22)14-21)32-19-27(35)20-33(3)42(40,41)28-10-6-9-24(15-28)25-11-12-26(17-30(36)37)29(16-25)34(38)39/h4-12,15-16,21,27,32,35H,13-14,17-20H2,1-3H3,(H,36,37)/t27-/m1/s1. The quantitative estimate of drug-likeness (QED) is 0.198. The molecule has 0 amide bonds. The molecule has 0 heterocycles. The monoisotopic (exact) mass is 595 g/mol. The number of β-amino-alcohol motifs (C(OH)–C–C–N with tert-alkyl or cyclic N) is 1. The number of hydrogen-bond acceptors (Lipinski definition) is 7. The van der Waals surface area contributed by atoms with Gasteiger partial charge >= 0.3 is 5.97 Å². The molecule has 0 saturated carbocycles. The molecular weight excluding hydrogens is 558 g/mol. The summed E-state index contributed by atoms with van der Waals surface area (Å²) in [5.74, 6) is -0.685. The van der Waals surface area contributed by atoms with Crippen molar-refractivity contribution in [3.05, 3.63) is 93.5 Å². The largest absolute Gasteiger partial charge is 0.481 e. The van der Waals surface area contributed by atoms with Crippen LogP contribution in [0.25, 0.3) is 11.1 Å². The summed E-state index contributed by atoms with van der Waals surface area (Å²) in [6, 6.07) is 18.6. The normalized spacial score (nSPS) is 14.6. The molecule has 0 aliphatic heterocycles. The van der Waals surface area contributed by atoms with Crippen LogP contribution < -0.4 is 5.32 Å². The van der Waals surface area contributed by atoms with Crippen LogP contribution in [-0.2, 0) is 34.1 Å². The molecule has 3 N–H and O–H groups in total. The first kappa shape index (κ1) is 31.3. The predicted molar refractivity (Wildman–Crippen MR) is 160 cm³/mol. The summed E-state index contributed by atoms with van der Waals surface area (Å²) in [4.78, 5) is 21.9. The fraction of sp³-hybridized carbons (Fsp3) is 0.387. The Morgan fingerprint density at radius 1 is 1.07 bits per heavy atom. The molecule has 0 fully saturated rings. The lowest BCUT2D eigenvalue weighted by atomic mass is 9.88. The first-order valence-corrected chi connectivity index (χ1v) is 15.2. The second-order valence-electron chi connectivity index (χ2n) is 11.7. The Morgan fingerprint density at radius 3 is 2.33 bits per heavy atom. The van der Waals surface area contributed by atoms with Crippen LogP contribution in [-0.4, -0.2) is 65.6 Å². The number of carbonyl (C=O) groups is 1. The van der Waals surface area contributed by atoms with E-state index in [0.717, 1.165) is 23.6 Å². The number of nitrogens with one attached hydrogen (secondary N) is 1. The van der Waals surface area contributed by atoms with Gasteiger partial charge in [0.1, 0.15) is 0 Å². The van der Waals surface area contributed by atoms with Crippen molar-refractivity contribution in [1.82, 2.24) is 9.62 Å². The van der Waals surface area contributed by atoms with Crippen molar-refractivity contribution >= 4 is 21.7 Å². The van der Waals surface area contributed by atoms with Crippen molar-refractivity contribution in [2.75, 3.05) is 20.1 Å². The van der Waals surface area contributed by atoms with Gasteiger partial charge in [-0.25, -0.2) is 8.42 Å². The van der Waals surface area contributed by atoms with Crippen LogP contribution in [0, 0.1) is 16.0 Å². The van der Waals surface area contributed by atoms with E-state index in [2.05, 4.69) is 43.4 Å². The number of aliphatic carboxylic acids is 1. The molecule has 42 heavy (non-hydrogen) atoms. The lowest BCUT2D eigenvalue weighted by Crippen LogP contribution is -2.47. The molecule has 0 unspecified atom stereocenters. The summed E-state index contributed by atoms with van der Waals surface area (Å²) in [6.07, 6.45) is 1.54. The average Bonchev–Trinajstić information content (AvgIpc) is 3.33. The lowest BCUT2D eigenvalue weighted by Gasteiger charge is -2.31. The number of aliphatic hydroxyl groups excluding tert-OH is 1. The summed E-state index contributed by atoms with van der Waals surface area (Å²) >= 11 is 0. The Bertz CT molecular complexity index is 1550. The molecule has 11 heteroatoms. The van der Waals surface area contributed by atoms with Gasteiger partial charge in [-0.05, 0) is 73.4 Å². The zero-order valence-corrected chi connectivity index (χ0v) is 24.8. The third kappa shape index (κ3) is 7.60. The third-order valence-electron chi connectivity index (χ3n) is 7.72. The number of likely N-dealkylation sites (N-methyl/N-ethyl adjacent to an activating group) is 1. The number of sulfonamides is 1. The number of rotatable bonds is 13. The molecule has 1 aliphatic rings. The van der Waals surface area contributed by atoms with E-state index in [0.29, 0.717) is 17.0 Å². The molecule has 1 atom stereocenters. The number of nitrogens with zero attached hydrogens (tertiary/aromatic N) is 2. The van der Waals surface area contributed by atoms with Crippen molar-refractivity contribution in [2.24, 2.45) is 5.92 Å². The van der Waals surface area contributed by atoms with Crippen LogP contribution in [0.2, 0.25) is 0 Å². The van der Waals surface area contributed by atoms with Gasteiger partial charge in [0.2, 0.25) is 10.0 Å². The minimum Gasteiger partial charge on any atom is -0.481 e. The zero-order valence-electron chi connectivity index (χ0n) is 24.0. The van der Waals surface area contributed by atoms with Gasteiger partial charge in [-0.1, -0.05) is 48.5 Å². The number of nitro groups is 1. The third-order valence-corrected chi connectivity index (χ3v) is 9.54. The van der Waals surface area contributed by atoms with E-state index >= 15 is 0 Å². The Balaban J connectivity index is 1.39. The number of aliphatic hydroxyl groups is 1. The maximum atomic E-state index is 13.4. The van der Waals surface area contributed by atoms with Crippen molar-refractivity contribution in [2.45, 2.75) is 56.1 Å². The predicted octanol–water partition coefficient (Wildman–Crippen LogP) is 4.04. The van der Waals surface area contributed by atoms with Gasteiger partial charge in [0.05, 0.1) is 22.3 Å². The Hall–Kier alpha value is -3.64. The summed E-state index contributed by atoms with van der Waals surface area (Å²) in [7, 11) is -2.58. The van der Waals surface area contributed by atoms with E-state index in [-0.39, 0.29) is 34.8 Å². The van der Waals surface area contributed by atoms with Gasteiger partial charge in [-0.3, -0.25) is 14.9 Å². The van der Waals surface area contributed by atoms with Crippen LogP contribution in [0.5, 0.6) is 0 Å². The van der Waals surface area contributed by atoms with Gasteiger partial charge in [0, 0.05) is 37.3 Å². The molecule has 0 radical (unpaired) electrons. The van der Waals surface area contributed by atoms with Gasteiger partial charge in [0.15, 0.2) is 0 Å². The number of fused-ring (bicyclic) bond motifs is 1. The molecular formula is C31H37N3O7S. The highest BCUT2D eigenvalue weighted by Crippen LogP contribution is 2.32. The fourth-order valence-corrected chi connectivity index (χ4v) is 6.94. The lowest BCUT2D eigenvalue weighted by molar-refractivity contribution is -0.385. The van der Waals surface area contributed by atoms with E-state index < -0.39 is 33.4 Å². The van der Waals surface area contributed by atoms with E-state index in [9.17, 15) is 28.4 Å². The molecule has 10 nitrogen and oxygen atoms in total. The molecule has 0 spiro atoms.